The minimum Gasteiger partial charge on any atom is -0.486 e. The lowest BCUT2D eigenvalue weighted by Crippen LogP contribution is -2.33. The topological polar surface area (TPSA) is 88.2 Å². The summed E-state index contributed by atoms with van der Waals surface area (Å²) in [5.74, 6) is 1.27. The van der Waals surface area contributed by atoms with Gasteiger partial charge in [-0.3, -0.25) is 9.59 Å². The molecule has 0 radical (unpaired) electrons. The Kier molecular flexibility index (Phi) is 4.97. The van der Waals surface area contributed by atoms with Crippen LogP contribution in [0.2, 0.25) is 0 Å². The van der Waals surface area contributed by atoms with Crippen LogP contribution in [0.25, 0.3) is 10.9 Å². The van der Waals surface area contributed by atoms with E-state index in [1.165, 1.54) is 0 Å². The fourth-order valence-corrected chi connectivity index (χ4v) is 4.07. The second kappa shape index (κ2) is 7.96. The zero-order valence-electron chi connectivity index (χ0n) is 17.8. The average Bonchev–Trinajstić information content (AvgIpc) is 3.09. The molecule has 4 aromatic rings. The quantitative estimate of drug-likeness (QED) is 0.453. The Morgan fingerprint density at radius 3 is 2.69 bits per heavy atom. The van der Waals surface area contributed by atoms with Gasteiger partial charge in [0.1, 0.15) is 18.7 Å². The summed E-state index contributed by atoms with van der Waals surface area (Å²) in [6, 6.07) is 16.4. The summed E-state index contributed by atoms with van der Waals surface area (Å²) in [5.41, 5.74) is 2.49. The molecular formula is C24H22N4O4. The standard InChI is InChI=1S/C24H22N4O4/c1-15-11-19(21(29)13-28-24(30)18-7-3-4-8-20(18)25-26-28)16(2)27(15)12-17-14-31-22-9-5-6-10-23(22)32-17/h3-11,17H,12-14H2,1-2H3/t17-/m0/s1. The summed E-state index contributed by atoms with van der Waals surface area (Å²) in [5, 5.41) is 8.43. The third-order valence-electron chi connectivity index (χ3n) is 5.75. The molecule has 162 valence electrons. The van der Waals surface area contributed by atoms with Gasteiger partial charge in [-0.15, -0.1) is 5.10 Å². The van der Waals surface area contributed by atoms with E-state index in [4.69, 9.17) is 9.47 Å². The molecule has 3 heterocycles. The van der Waals surface area contributed by atoms with Crippen LogP contribution in [0, 0.1) is 13.8 Å². The molecule has 0 aliphatic carbocycles. The van der Waals surface area contributed by atoms with Gasteiger partial charge in [0.2, 0.25) is 0 Å². The fraction of sp³-hybridized carbons (Fsp3) is 0.250. The zero-order valence-corrected chi connectivity index (χ0v) is 17.8. The van der Waals surface area contributed by atoms with Gasteiger partial charge in [-0.1, -0.05) is 29.5 Å². The van der Waals surface area contributed by atoms with E-state index in [9.17, 15) is 9.59 Å². The lowest BCUT2D eigenvalue weighted by atomic mass is 10.1. The number of carbonyl (C=O) groups excluding carboxylic acids is 1. The third-order valence-corrected chi connectivity index (χ3v) is 5.75. The highest BCUT2D eigenvalue weighted by Crippen LogP contribution is 2.31. The number of hydrogen-bond donors (Lipinski definition) is 0. The summed E-state index contributed by atoms with van der Waals surface area (Å²) >= 11 is 0. The van der Waals surface area contributed by atoms with E-state index in [0.29, 0.717) is 29.6 Å². The van der Waals surface area contributed by atoms with Crippen LogP contribution in [0.15, 0.2) is 59.4 Å². The van der Waals surface area contributed by atoms with Gasteiger partial charge in [-0.05, 0) is 44.2 Å². The molecule has 0 saturated heterocycles. The molecule has 0 fully saturated rings. The second-order valence-electron chi connectivity index (χ2n) is 7.89. The molecule has 2 aromatic carbocycles. The monoisotopic (exact) mass is 430 g/mol. The summed E-state index contributed by atoms with van der Waals surface area (Å²) < 4.78 is 15.0. The van der Waals surface area contributed by atoms with Crippen molar-refractivity contribution in [2.75, 3.05) is 6.61 Å². The van der Waals surface area contributed by atoms with Crippen LogP contribution in [-0.2, 0) is 13.1 Å². The predicted octanol–water partition coefficient (Wildman–Crippen LogP) is 2.93. The first-order chi connectivity index (χ1) is 15.5. The first kappa shape index (κ1) is 20.0. The molecule has 1 aliphatic heterocycles. The van der Waals surface area contributed by atoms with Crippen molar-refractivity contribution in [2.24, 2.45) is 0 Å². The van der Waals surface area contributed by atoms with E-state index < -0.39 is 0 Å². The van der Waals surface area contributed by atoms with Crippen molar-refractivity contribution in [3.05, 3.63) is 81.9 Å². The van der Waals surface area contributed by atoms with Gasteiger partial charge >= 0.3 is 0 Å². The molecule has 0 unspecified atom stereocenters. The molecule has 2 aromatic heterocycles. The number of rotatable bonds is 5. The normalized spacial score (nSPS) is 15.1. The third kappa shape index (κ3) is 3.53. The van der Waals surface area contributed by atoms with Crippen molar-refractivity contribution in [1.29, 1.82) is 0 Å². The van der Waals surface area contributed by atoms with Crippen molar-refractivity contribution in [3.8, 4) is 11.5 Å². The number of carbonyl (C=O) groups is 1. The number of benzene rings is 2. The summed E-state index contributed by atoms with van der Waals surface area (Å²) in [6.07, 6.45) is -0.174. The Morgan fingerprint density at radius 1 is 1.09 bits per heavy atom. The molecule has 0 bridgehead atoms. The second-order valence-corrected chi connectivity index (χ2v) is 7.89. The summed E-state index contributed by atoms with van der Waals surface area (Å²) in [6.45, 7) is 4.65. The summed E-state index contributed by atoms with van der Waals surface area (Å²) in [4.78, 5) is 25.7. The first-order valence-corrected chi connectivity index (χ1v) is 10.4. The molecule has 8 nitrogen and oxygen atoms in total. The highest BCUT2D eigenvalue weighted by Gasteiger charge is 2.24. The van der Waals surface area contributed by atoms with E-state index >= 15 is 0 Å². The van der Waals surface area contributed by atoms with Crippen molar-refractivity contribution in [3.63, 3.8) is 0 Å². The molecule has 8 heteroatoms. The number of para-hydroxylation sites is 2. The molecule has 0 N–H and O–H groups in total. The maximum atomic E-state index is 13.0. The maximum absolute atomic E-state index is 13.0. The number of aryl methyl sites for hydroxylation is 1. The molecule has 0 amide bonds. The lowest BCUT2D eigenvalue weighted by molar-refractivity contribution is 0.0777. The van der Waals surface area contributed by atoms with Crippen molar-refractivity contribution < 1.29 is 14.3 Å². The number of hydrogen-bond acceptors (Lipinski definition) is 6. The van der Waals surface area contributed by atoms with Gasteiger partial charge in [0.15, 0.2) is 23.4 Å². The molecule has 1 aliphatic rings. The van der Waals surface area contributed by atoms with Gasteiger partial charge in [0.05, 0.1) is 11.9 Å². The molecule has 5 rings (SSSR count). The molecule has 0 saturated carbocycles. The van der Waals surface area contributed by atoms with E-state index in [2.05, 4.69) is 10.3 Å². The van der Waals surface area contributed by atoms with E-state index in [0.717, 1.165) is 27.6 Å². The van der Waals surface area contributed by atoms with Gasteiger partial charge in [0, 0.05) is 17.0 Å². The van der Waals surface area contributed by atoms with E-state index in [-0.39, 0.29) is 24.0 Å². The molecule has 1 atom stereocenters. The lowest BCUT2D eigenvalue weighted by Gasteiger charge is -2.27. The Balaban J connectivity index is 1.37. The van der Waals surface area contributed by atoms with Crippen LogP contribution in [0.3, 0.4) is 0 Å². The van der Waals surface area contributed by atoms with E-state index in [1.807, 2.05) is 48.7 Å². The molecular weight excluding hydrogens is 408 g/mol. The smallest absolute Gasteiger partial charge is 0.278 e. The van der Waals surface area contributed by atoms with Gasteiger partial charge in [-0.25, -0.2) is 4.68 Å². The maximum Gasteiger partial charge on any atom is 0.278 e. The van der Waals surface area contributed by atoms with Crippen LogP contribution >= 0.6 is 0 Å². The number of fused-ring (bicyclic) bond motifs is 2. The number of ether oxygens (including phenoxy) is 2. The van der Waals surface area contributed by atoms with Crippen molar-refractivity contribution in [2.45, 2.75) is 33.0 Å². The Bertz CT molecular complexity index is 1390. The highest BCUT2D eigenvalue weighted by atomic mass is 16.6. The largest absolute Gasteiger partial charge is 0.486 e. The fourth-order valence-electron chi connectivity index (χ4n) is 4.07. The van der Waals surface area contributed by atoms with Crippen molar-refractivity contribution in [1.82, 2.24) is 19.6 Å². The average molecular weight is 430 g/mol. The van der Waals surface area contributed by atoms with Gasteiger partial charge in [-0.2, -0.15) is 0 Å². The van der Waals surface area contributed by atoms with Crippen LogP contribution in [-0.4, -0.2) is 38.1 Å². The number of nitrogens with zero attached hydrogens (tertiary/aromatic N) is 4. The van der Waals surface area contributed by atoms with E-state index in [1.54, 1.807) is 24.3 Å². The van der Waals surface area contributed by atoms with Crippen LogP contribution in [0.4, 0.5) is 0 Å². The van der Waals surface area contributed by atoms with Gasteiger partial charge < -0.3 is 14.0 Å². The van der Waals surface area contributed by atoms with Crippen LogP contribution in [0.5, 0.6) is 11.5 Å². The number of Topliss-reactive ketones (excluding diaryl/α,β-unsaturated/α-hetero) is 1. The van der Waals surface area contributed by atoms with Crippen molar-refractivity contribution >= 4 is 16.7 Å². The first-order valence-electron chi connectivity index (χ1n) is 10.4. The number of aromatic nitrogens is 4. The molecule has 0 spiro atoms. The Labute approximate surface area is 184 Å². The number of ketones is 1. The van der Waals surface area contributed by atoms with Crippen LogP contribution in [0.1, 0.15) is 21.7 Å². The Morgan fingerprint density at radius 2 is 1.84 bits per heavy atom. The van der Waals surface area contributed by atoms with Crippen LogP contribution < -0.4 is 15.0 Å². The minimum absolute atomic E-state index is 0.169. The molecule has 32 heavy (non-hydrogen) atoms. The SMILES string of the molecule is Cc1cc(C(=O)Cn2nnc3ccccc3c2=O)c(C)n1C[C@H]1COc2ccccc2O1. The minimum atomic E-state index is -0.329. The van der Waals surface area contributed by atoms with Gasteiger partial charge in [0.25, 0.3) is 5.56 Å². The highest BCUT2D eigenvalue weighted by molar-refractivity contribution is 5.97. The Hall–Kier alpha value is -3.94. The zero-order chi connectivity index (χ0) is 22.2. The summed E-state index contributed by atoms with van der Waals surface area (Å²) in [7, 11) is 0. The predicted molar refractivity (Wildman–Crippen MR) is 118 cm³/mol.